The fraction of sp³-hybridized carbons (Fsp3) is 0.385. The molecule has 1 aromatic carbocycles. The first-order valence-corrected chi connectivity index (χ1v) is 5.72. The Labute approximate surface area is 107 Å². The highest BCUT2D eigenvalue weighted by atomic mass is 16.6. The first-order valence-electron chi connectivity index (χ1n) is 5.72. The minimum atomic E-state index is -0.489. The third-order valence-electron chi connectivity index (χ3n) is 2.12. The van der Waals surface area contributed by atoms with Crippen molar-refractivity contribution in [1.82, 2.24) is 5.32 Å². The summed E-state index contributed by atoms with van der Waals surface area (Å²) in [4.78, 5) is 11.4. The average molecular weight is 250 g/mol. The summed E-state index contributed by atoms with van der Waals surface area (Å²) in [6.07, 6.45) is -0.434. The fourth-order valence-corrected chi connectivity index (χ4v) is 1.30. The van der Waals surface area contributed by atoms with Crippen molar-refractivity contribution >= 4 is 11.9 Å². The average Bonchev–Trinajstić information content (AvgIpc) is 2.24. The van der Waals surface area contributed by atoms with Crippen LogP contribution in [0.5, 0.6) is 0 Å². The largest absolute Gasteiger partial charge is 0.444 e. The molecule has 18 heavy (non-hydrogen) atoms. The van der Waals surface area contributed by atoms with E-state index >= 15 is 0 Å². The first kappa shape index (κ1) is 14.0. The Kier molecular flexibility index (Phi) is 4.31. The number of hydrogen-bond acceptors (Lipinski definition) is 2. The second-order valence-electron chi connectivity index (χ2n) is 5.01. The van der Waals surface area contributed by atoms with Gasteiger partial charge in [-0.15, -0.1) is 0 Å². The van der Waals surface area contributed by atoms with E-state index in [9.17, 15) is 4.79 Å². The third kappa shape index (κ3) is 4.86. The van der Waals surface area contributed by atoms with E-state index in [1.807, 2.05) is 32.9 Å². The minimum absolute atomic E-state index is 0.279. The van der Waals surface area contributed by atoms with Crippen LogP contribution in [0.4, 0.5) is 4.79 Å². The van der Waals surface area contributed by atoms with Gasteiger partial charge in [-0.25, -0.2) is 4.79 Å². The van der Waals surface area contributed by atoms with Crippen LogP contribution in [0, 0.1) is 0 Å². The third-order valence-corrected chi connectivity index (χ3v) is 2.12. The van der Waals surface area contributed by atoms with Crippen molar-refractivity contribution in [3.63, 3.8) is 0 Å². The van der Waals surface area contributed by atoms with Crippen LogP contribution in [0.1, 0.15) is 31.9 Å². The molecule has 98 valence electrons. The molecule has 5 heteroatoms. The summed E-state index contributed by atoms with van der Waals surface area (Å²) >= 11 is 0. The molecule has 0 spiro atoms. The zero-order valence-electron chi connectivity index (χ0n) is 11.0. The van der Waals surface area contributed by atoms with Gasteiger partial charge in [0.15, 0.2) is 0 Å². The molecule has 0 radical (unpaired) electrons. The molecule has 1 aromatic rings. The number of alkyl carbamates (subject to hydrolysis) is 1. The van der Waals surface area contributed by atoms with Gasteiger partial charge in [-0.1, -0.05) is 12.1 Å². The molecule has 5 N–H and O–H groups in total. The molecule has 0 saturated carbocycles. The van der Waals surface area contributed by atoms with Gasteiger partial charge in [0.25, 0.3) is 5.84 Å². The summed E-state index contributed by atoms with van der Waals surface area (Å²) in [5, 5.41) is 8.13. The standard InChI is InChI=1S/C13H19N3O2/c1-13(2,3)18-12(17)16-8-9-4-6-10(7-5-9)11(14)15/h4-7H,8H2,1-3H3,(H3,14,15)(H,16,17)/p+1. The van der Waals surface area contributed by atoms with E-state index in [2.05, 4.69) is 5.32 Å². The van der Waals surface area contributed by atoms with E-state index in [4.69, 9.17) is 15.9 Å². The highest BCUT2D eigenvalue weighted by Crippen LogP contribution is 2.07. The molecule has 0 atom stereocenters. The van der Waals surface area contributed by atoms with E-state index in [1.165, 1.54) is 0 Å². The Hall–Kier alpha value is -2.04. The molecule has 1 amide bonds. The predicted octanol–water partition coefficient (Wildman–Crippen LogP) is 0.176. The topological polar surface area (TPSA) is 89.9 Å². The summed E-state index contributed by atoms with van der Waals surface area (Å²) in [5.74, 6) is 0.279. The number of amides is 1. The highest BCUT2D eigenvalue weighted by molar-refractivity contribution is 5.92. The van der Waals surface area contributed by atoms with Crippen LogP contribution in [0.3, 0.4) is 0 Å². The van der Waals surface area contributed by atoms with Crippen molar-refractivity contribution in [1.29, 1.82) is 0 Å². The second-order valence-corrected chi connectivity index (χ2v) is 5.01. The van der Waals surface area contributed by atoms with Crippen LogP contribution in [0.25, 0.3) is 0 Å². The zero-order chi connectivity index (χ0) is 13.8. The molecular formula is C13H20N3O2+. The van der Waals surface area contributed by atoms with Crippen molar-refractivity contribution in [3.05, 3.63) is 35.4 Å². The molecule has 0 aliphatic carbocycles. The number of ether oxygens (including phenoxy) is 1. The lowest BCUT2D eigenvalue weighted by atomic mass is 10.1. The van der Waals surface area contributed by atoms with Crippen LogP contribution in [-0.2, 0) is 11.3 Å². The maximum absolute atomic E-state index is 11.4. The van der Waals surface area contributed by atoms with Crippen molar-refractivity contribution in [2.45, 2.75) is 32.9 Å². The van der Waals surface area contributed by atoms with Gasteiger partial charge in [0.2, 0.25) is 0 Å². The smallest absolute Gasteiger partial charge is 0.407 e. The Morgan fingerprint density at radius 1 is 1.33 bits per heavy atom. The summed E-state index contributed by atoms with van der Waals surface area (Å²) in [7, 11) is 0. The van der Waals surface area contributed by atoms with Crippen LogP contribution in [0.2, 0.25) is 0 Å². The molecule has 0 bridgehead atoms. The molecule has 0 saturated heterocycles. The zero-order valence-corrected chi connectivity index (χ0v) is 11.0. The first-order chi connectivity index (χ1) is 8.28. The van der Waals surface area contributed by atoms with Crippen molar-refractivity contribution in [3.8, 4) is 0 Å². The molecule has 0 aliphatic heterocycles. The number of benzene rings is 1. The maximum atomic E-state index is 11.4. The SMILES string of the molecule is CC(C)(C)OC(=O)NCc1ccc(C(N)=[NH2+])cc1. The lowest BCUT2D eigenvalue weighted by Gasteiger charge is -2.19. The molecule has 0 aliphatic rings. The second kappa shape index (κ2) is 5.53. The molecule has 5 nitrogen and oxygen atoms in total. The molecular weight excluding hydrogens is 230 g/mol. The number of carbonyl (C=O) groups is 1. The van der Waals surface area contributed by atoms with Crippen LogP contribution < -0.4 is 16.5 Å². The van der Waals surface area contributed by atoms with Crippen molar-refractivity contribution in [2.24, 2.45) is 5.73 Å². The Bertz CT molecular complexity index is 433. The van der Waals surface area contributed by atoms with Crippen molar-refractivity contribution < 1.29 is 14.9 Å². The van der Waals surface area contributed by atoms with E-state index in [-0.39, 0.29) is 5.84 Å². The van der Waals surface area contributed by atoms with Crippen LogP contribution in [-0.4, -0.2) is 17.5 Å². The number of nitrogens with two attached hydrogens (primary N) is 2. The number of amidine groups is 1. The number of hydrogen-bond donors (Lipinski definition) is 3. The normalized spacial score (nSPS) is 10.8. The van der Waals surface area contributed by atoms with E-state index < -0.39 is 11.7 Å². The fourth-order valence-electron chi connectivity index (χ4n) is 1.30. The van der Waals surface area contributed by atoms with Gasteiger partial charge in [-0.05, 0) is 38.5 Å². The molecule has 1 rings (SSSR count). The van der Waals surface area contributed by atoms with Crippen LogP contribution in [0.15, 0.2) is 24.3 Å². The van der Waals surface area contributed by atoms with Gasteiger partial charge < -0.3 is 10.1 Å². The number of carbonyl (C=O) groups excluding carboxylic acids is 1. The van der Waals surface area contributed by atoms with E-state index in [0.29, 0.717) is 6.54 Å². The molecule has 0 unspecified atom stereocenters. The summed E-state index contributed by atoms with van der Waals surface area (Å²) in [6.45, 7) is 5.86. The van der Waals surface area contributed by atoms with Gasteiger partial charge in [0.1, 0.15) is 5.60 Å². The lowest BCUT2D eigenvalue weighted by molar-refractivity contribution is -0.114. The summed E-state index contributed by atoms with van der Waals surface area (Å²) in [5.41, 5.74) is 6.69. The highest BCUT2D eigenvalue weighted by Gasteiger charge is 2.15. The summed E-state index contributed by atoms with van der Waals surface area (Å²) in [6, 6.07) is 7.32. The number of rotatable bonds is 3. The van der Waals surface area contributed by atoms with Crippen LogP contribution >= 0.6 is 0 Å². The predicted molar refractivity (Wildman–Crippen MR) is 69.7 cm³/mol. The molecule has 0 aromatic heterocycles. The Morgan fingerprint density at radius 2 is 1.89 bits per heavy atom. The monoisotopic (exact) mass is 250 g/mol. The maximum Gasteiger partial charge on any atom is 0.407 e. The quantitative estimate of drug-likeness (QED) is 0.528. The van der Waals surface area contributed by atoms with Crippen molar-refractivity contribution in [2.75, 3.05) is 0 Å². The van der Waals surface area contributed by atoms with Gasteiger partial charge in [-0.2, -0.15) is 0 Å². The van der Waals surface area contributed by atoms with Gasteiger partial charge in [-0.3, -0.25) is 11.1 Å². The Morgan fingerprint density at radius 3 is 2.33 bits per heavy atom. The minimum Gasteiger partial charge on any atom is -0.444 e. The number of nitrogens with one attached hydrogen (secondary N) is 1. The Balaban J connectivity index is 2.49. The molecule has 0 fully saturated rings. The van der Waals surface area contributed by atoms with Gasteiger partial charge >= 0.3 is 6.09 Å². The van der Waals surface area contributed by atoms with Gasteiger partial charge in [0, 0.05) is 6.54 Å². The van der Waals surface area contributed by atoms with Gasteiger partial charge in [0.05, 0.1) is 5.56 Å². The lowest BCUT2D eigenvalue weighted by Crippen LogP contribution is -2.46. The van der Waals surface area contributed by atoms with E-state index in [1.54, 1.807) is 12.1 Å². The molecule has 0 heterocycles. The summed E-state index contributed by atoms with van der Waals surface area (Å²) < 4.78 is 5.13. The van der Waals surface area contributed by atoms with E-state index in [0.717, 1.165) is 11.1 Å².